The lowest BCUT2D eigenvalue weighted by molar-refractivity contribution is -0.129. The van der Waals surface area contributed by atoms with Crippen LogP contribution >= 0.6 is 11.6 Å². The third-order valence-corrected chi connectivity index (χ3v) is 3.81. The van der Waals surface area contributed by atoms with Gasteiger partial charge in [-0.15, -0.1) is 0 Å². The summed E-state index contributed by atoms with van der Waals surface area (Å²) in [7, 11) is 0. The predicted molar refractivity (Wildman–Crippen MR) is 82.9 cm³/mol. The van der Waals surface area contributed by atoms with Gasteiger partial charge in [-0.05, 0) is 25.4 Å². The number of aromatic nitrogens is 3. The summed E-state index contributed by atoms with van der Waals surface area (Å²) in [5.74, 6) is 1.29. The molecule has 0 bridgehead atoms. The van der Waals surface area contributed by atoms with Gasteiger partial charge >= 0.3 is 0 Å². The second-order valence-corrected chi connectivity index (χ2v) is 5.21. The molecule has 0 spiro atoms. The smallest absolute Gasteiger partial charge is 0.231 e. The van der Waals surface area contributed by atoms with Crippen LogP contribution in [0, 0.1) is 0 Å². The summed E-state index contributed by atoms with van der Waals surface area (Å²) in [6.07, 6.45) is 0. The fourth-order valence-electron chi connectivity index (χ4n) is 2.34. The van der Waals surface area contributed by atoms with E-state index in [0.29, 0.717) is 38.1 Å². The molecular formula is C13H21ClN6O. The first-order valence-corrected chi connectivity index (χ1v) is 7.60. The molecule has 0 unspecified atom stereocenters. The first-order chi connectivity index (χ1) is 10.0. The minimum absolute atomic E-state index is 0.104. The van der Waals surface area contributed by atoms with Crippen LogP contribution in [0.3, 0.4) is 0 Å². The summed E-state index contributed by atoms with van der Waals surface area (Å²) in [5.41, 5.74) is 0. The van der Waals surface area contributed by atoms with E-state index in [1.165, 1.54) is 0 Å². The van der Waals surface area contributed by atoms with Crippen molar-refractivity contribution in [2.45, 2.75) is 20.8 Å². The number of nitrogens with zero attached hydrogens (tertiary/aromatic N) is 6. The predicted octanol–water partition coefficient (Wildman–Crippen LogP) is 1.04. The van der Waals surface area contributed by atoms with E-state index >= 15 is 0 Å². The average molecular weight is 313 g/mol. The second kappa shape index (κ2) is 6.89. The first-order valence-electron chi connectivity index (χ1n) is 7.22. The number of anilines is 2. The Morgan fingerprint density at radius 1 is 1.14 bits per heavy atom. The van der Waals surface area contributed by atoms with Gasteiger partial charge < -0.3 is 14.7 Å². The Balaban J connectivity index is 2.15. The van der Waals surface area contributed by atoms with Crippen LogP contribution in [0.5, 0.6) is 0 Å². The molecule has 0 saturated carbocycles. The molecule has 1 aromatic rings. The van der Waals surface area contributed by atoms with Crippen LogP contribution in [0.4, 0.5) is 11.9 Å². The molecule has 21 heavy (non-hydrogen) atoms. The summed E-state index contributed by atoms with van der Waals surface area (Å²) >= 11 is 6.03. The summed E-state index contributed by atoms with van der Waals surface area (Å²) in [6.45, 7) is 10.1. The summed E-state index contributed by atoms with van der Waals surface area (Å²) < 4.78 is 0. The summed E-state index contributed by atoms with van der Waals surface area (Å²) in [6, 6.07) is 0. The molecule has 1 aromatic heterocycles. The maximum atomic E-state index is 11.4. The van der Waals surface area contributed by atoms with Crippen molar-refractivity contribution in [3.05, 3.63) is 5.28 Å². The topological polar surface area (TPSA) is 65.5 Å². The standard InChI is InChI=1S/C13H21ClN6O/c1-4-18(5-2)12-15-11(14)16-13(17-12)20-8-6-19(7-9-20)10(3)21/h4-9H2,1-3H3. The van der Waals surface area contributed by atoms with E-state index in [4.69, 9.17) is 11.6 Å². The number of hydrogen-bond donors (Lipinski definition) is 0. The van der Waals surface area contributed by atoms with Crippen LogP contribution in [0.15, 0.2) is 0 Å². The fraction of sp³-hybridized carbons (Fsp3) is 0.692. The minimum atomic E-state index is 0.104. The van der Waals surface area contributed by atoms with E-state index in [-0.39, 0.29) is 11.2 Å². The van der Waals surface area contributed by atoms with Crippen LogP contribution in [0.25, 0.3) is 0 Å². The van der Waals surface area contributed by atoms with Crippen molar-refractivity contribution in [1.29, 1.82) is 0 Å². The summed E-state index contributed by atoms with van der Waals surface area (Å²) in [4.78, 5) is 30.2. The molecule has 116 valence electrons. The van der Waals surface area contributed by atoms with Crippen molar-refractivity contribution in [2.75, 3.05) is 49.1 Å². The highest BCUT2D eigenvalue weighted by Gasteiger charge is 2.22. The van der Waals surface area contributed by atoms with E-state index in [1.807, 2.05) is 28.5 Å². The maximum Gasteiger partial charge on any atom is 0.231 e. The number of carbonyl (C=O) groups is 1. The van der Waals surface area contributed by atoms with Gasteiger partial charge in [-0.3, -0.25) is 4.79 Å². The quantitative estimate of drug-likeness (QED) is 0.827. The highest BCUT2D eigenvalue weighted by Crippen LogP contribution is 2.18. The molecule has 8 heteroatoms. The van der Waals surface area contributed by atoms with Crippen LogP contribution in [0.1, 0.15) is 20.8 Å². The van der Waals surface area contributed by atoms with Gasteiger partial charge in [0.25, 0.3) is 0 Å². The van der Waals surface area contributed by atoms with Gasteiger partial charge in [0.05, 0.1) is 0 Å². The Bertz CT molecular complexity index is 499. The zero-order chi connectivity index (χ0) is 15.4. The molecule has 2 heterocycles. The van der Waals surface area contributed by atoms with Gasteiger partial charge in [0.1, 0.15) is 0 Å². The molecule has 1 fully saturated rings. The maximum absolute atomic E-state index is 11.4. The Hall–Kier alpha value is -1.63. The van der Waals surface area contributed by atoms with Crippen molar-refractivity contribution in [3.8, 4) is 0 Å². The Labute approximate surface area is 129 Å². The zero-order valence-electron chi connectivity index (χ0n) is 12.7. The minimum Gasteiger partial charge on any atom is -0.341 e. The first kappa shape index (κ1) is 15.8. The van der Waals surface area contributed by atoms with Crippen LogP contribution in [-0.4, -0.2) is 65.0 Å². The lowest BCUT2D eigenvalue weighted by Gasteiger charge is -2.34. The molecular weight excluding hydrogens is 292 g/mol. The van der Waals surface area contributed by atoms with Crippen molar-refractivity contribution in [1.82, 2.24) is 19.9 Å². The van der Waals surface area contributed by atoms with E-state index < -0.39 is 0 Å². The van der Waals surface area contributed by atoms with Crippen LogP contribution < -0.4 is 9.80 Å². The largest absolute Gasteiger partial charge is 0.341 e. The van der Waals surface area contributed by atoms with Gasteiger partial charge in [-0.2, -0.15) is 15.0 Å². The summed E-state index contributed by atoms with van der Waals surface area (Å²) in [5, 5.41) is 0.205. The van der Waals surface area contributed by atoms with Crippen molar-refractivity contribution in [3.63, 3.8) is 0 Å². The second-order valence-electron chi connectivity index (χ2n) is 4.87. The number of piperazine rings is 1. The fourth-order valence-corrected chi connectivity index (χ4v) is 2.49. The Morgan fingerprint density at radius 2 is 1.76 bits per heavy atom. The molecule has 2 rings (SSSR count). The van der Waals surface area contributed by atoms with Gasteiger partial charge in [0.2, 0.25) is 23.1 Å². The van der Waals surface area contributed by atoms with Gasteiger partial charge in [-0.1, -0.05) is 0 Å². The van der Waals surface area contributed by atoms with E-state index in [9.17, 15) is 4.79 Å². The van der Waals surface area contributed by atoms with Crippen molar-refractivity contribution in [2.24, 2.45) is 0 Å². The monoisotopic (exact) mass is 312 g/mol. The van der Waals surface area contributed by atoms with E-state index in [1.54, 1.807) is 6.92 Å². The molecule has 1 saturated heterocycles. The van der Waals surface area contributed by atoms with E-state index in [0.717, 1.165) is 13.1 Å². The van der Waals surface area contributed by atoms with Crippen molar-refractivity contribution < 1.29 is 4.79 Å². The highest BCUT2D eigenvalue weighted by atomic mass is 35.5. The van der Waals surface area contributed by atoms with E-state index in [2.05, 4.69) is 15.0 Å². The number of amides is 1. The van der Waals surface area contributed by atoms with Gasteiger partial charge in [0.15, 0.2) is 0 Å². The molecule has 1 aliphatic heterocycles. The van der Waals surface area contributed by atoms with Crippen LogP contribution in [-0.2, 0) is 4.79 Å². The third kappa shape index (κ3) is 3.72. The lowest BCUT2D eigenvalue weighted by atomic mass is 10.3. The SMILES string of the molecule is CCN(CC)c1nc(Cl)nc(N2CCN(C(C)=O)CC2)n1. The molecule has 1 amide bonds. The number of hydrogen-bond acceptors (Lipinski definition) is 6. The van der Waals surface area contributed by atoms with Crippen molar-refractivity contribution >= 4 is 29.4 Å². The third-order valence-electron chi connectivity index (χ3n) is 3.64. The Morgan fingerprint density at radius 3 is 2.29 bits per heavy atom. The molecule has 0 radical (unpaired) electrons. The Kier molecular flexibility index (Phi) is 5.17. The van der Waals surface area contributed by atoms with Gasteiger partial charge in [-0.25, -0.2) is 0 Å². The number of rotatable bonds is 4. The molecule has 0 aliphatic carbocycles. The normalized spacial score (nSPS) is 15.2. The zero-order valence-corrected chi connectivity index (χ0v) is 13.5. The van der Waals surface area contributed by atoms with Crippen LogP contribution in [0.2, 0.25) is 5.28 Å². The number of carbonyl (C=O) groups excluding carboxylic acids is 1. The average Bonchev–Trinajstić information content (AvgIpc) is 2.48. The molecule has 7 nitrogen and oxygen atoms in total. The van der Waals surface area contributed by atoms with Gasteiger partial charge in [0, 0.05) is 46.2 Å². The molecule has 0 aromatic carbocycles. The lowest BCUT2D eigenvalue weighted by Crippen LogP contribution is -2.48. The highest BCUT2D eigenvalue weighted by molar-refractivity contribution is 6.28. The molecule has 0 N–H and O–H groups in total. The number of halogens is 1. The molecule has 0 atom stereocenters. The molecule has 1 aliphatic rings.